The maximum absolute atomic E-state index is 6.39. The molecule has 4 rings (SSSR count). The minimum Gasteiger partial charge on any atom is -0.399 e. The van der Waals surface area contributed by atoms with Crippen LogP contribution in [0.25, 0.3) is 16.7 Å². The van der Waals surface area contributed by atoms with Crippen molar-refractivity contribution in [2.24, 2.45) is 0 Å². The Labute approximate surface area is 157 Å². The summed E-state index contributed by atoms with van der Waals surface area (Å²) in [5, 5.41) is 9.43. The van der Waals surface area contributed by atoms with Crippen LogP contribution in [0.1, 0.15) is 19.8 Å². The zero-order valence-corrected chi connectivity index (χ0v) is 15.4. The highest BCUT2D eigenvalue weighted by atomic mass is 35.5. The van der Waals surface area contributed by atoms with Gasteiger partial charge in [0.2, 0.25) is 5.95 Å². The first-order valence-electron chi connectivity index (χ1n) is 8.90. The summed E-state index contributed by atoms with van der Waals surface area (Å²) in [6, 6.07) is 6.21. The number of benzene rings is 1. The van der Waals surface area contributed by atoms with Crippen LogP contribution in [-0.2, 0) is 0 Å². The quantitative estimate of drug-likeness (QED) is 0.688. The molecule has 0 aliphatic carbocycles. The average molecular weight is 372 g/mol. The van der Waals surface area contributed by atoms with Gasteiger partial charge >= 0.3 is 0 Å². The molecule has 3 heterocycles. The topological polar surface area (TPSA) is 84.9 Å². The normalized spacial score (nSPS) is 18.2. The van der Waals surface area contributed by atoms with E-state index in [1.54, 1.807) is 17.1 Å². The highest BCUT2D eigenvalue weighted by Crippen LogP contribution is 2.25. The molecule has 3 aromatic rings. The van der Waals surface area contributed by atoms with Crippen LogP contribution in [0.3, 0.4) is 0 Å². The smallest absolute Gasteiger partial charge is 0.227 e. The summed E-state index contributed by atoms with van der Waals surface area (Å²) >= 11 is 6.39. The Morgan fingerprint density at radius 3 is 3.04 bits per heavy atom. The molecule has 26 heavy (non-hydrogen) atoms. The Morgan fingerprint density at radius 1 is 1.31 bits per heavy atom. The van der Waals surface area contributed by atoms with E-state index in [4.69, 9.17) is 22.3 Å². The van der Waals surface area contributed by atoms with Gasteiger partial charge in [-0.3, -0.25) is 0 Å². The monoisotopic (exact) mass is 371 g/mol. The summed E-state index contributed by atoms with van der Waals surface area (Å²) in [6.45, 7) is 4.92. The van der Waals surface area contributed by atoms with Crippen LogP contribution in [0, 0.1) is 0 Å². The first-order chi connectivity index (χ1) is 12.7. The standard InChI is InChI=1S/C18H22ClN7/c1-2-14-5-7-25(8-6-21-14)18-22-11-15(19)17(24-18)26-16-4-3-13(20)9-12(16)10-23-26/h3-4,9-11,14,21H,2,5-8,20H2,1H3. The van der Waals surface area contributed by atoms with Gasteiger partial charge in [0.25, 0.3) is 0 Å². The van der Waals surface area contributed by atoms with E-state index in [0.717, 1.165) is 43.4 Å². The minimum atomic E-state index is 0.468. The Bertz CT molecular complexity index is 923. The fourth-order valence-electron chi connectivity index (χ4n) is 3.35. The van der Waals surface area contributed by atoms with E-state index in [-0.39, 0.29) is 0 Å². The van der Waals surface area contributed by atoms with Crippen LogP contribution in [-0.4, -0.2) is 45.4 Å². The van der Waals surface area contributed by atoms with Crippen molar-refractivity contribution >= 4 is 34.1 Å². The van der Waals surface area contributed by atoms with Crippen molar-refractivity contribution in [3.05, 3.63) is 35.6 Å². The average Bonchev–Trinajstić information content (AvgIpc) is 2.90. The molecule has 0 bridgehead atoms. The molecular weight excluding hydrogens is 350 g/mol. The molecule has 0 saturated carbocycles. The number of rotatable bonds is 3. The van der Waals surface area contributed by atoms with Crippen molar-refractivity contribution in [2.75, 3.05) is 30.3 Å². The molecule has 7 nitrogen and oxygen atoms in total. The second-order valence-electron chi connectivity index (χ2n) is 6.55. The number of nitrogens with zero attached hydrogens (tertiary/aromatic N) is 5. The number of halogens is 1. The number of nitrogens with two attached hydrogens (primary N) is 1. The van der Waals surface area contributed by atoms with E-state index >= 15 is 0 Å². The molecule has 1 aromatic carbocycles. The first-order valence-corrected chi connectivity index (χ1v) is 9.28. The fraction of sp³-hybridized carbons (Fsp3) is 0.389. The fourth-order valence-corrected chi connectivity index (χ4v) is 3.52. The molecule has 8 heteroatoms. The third-order valence-corrected chi connectivity index (χ3v) is 5.11. The highest BCUT2D eigenvalue weighted by Gasteiger charge is 2.19. The molecule has 1 atom stereocenters. The number of aromatic nitrogens is 4. The lowest BCUT2D eigenvalue weighted by Gasteiger charge is -2.20. The van der Waals surface area contributed by atoms with Crippen LogP contribution in [0.4, 0.5) is 11.6 Å². The molecular formula is C18H22ClN7. The molecule has 1 saturated heterocycles. The van der Waals surface area contributed by atoms with E-state index in [2.05, 4.69) is 27.2 Å². The van der Waals surface area contributed by atoms with Gasteiger partial charge < -0.3 is 16.0 Å². The van der Waals surface area contributed by atoms with E-state index in [0.29, 0.717) is 28.5 Å². The second kappa shape index (κ2) is 7.09. The maximum Gasteiger partial charge on any atom is 0.227 e. The lowest BCUT2D eigenvalue weighted by molar-refractivity contribution is 0.509. The van der Waals surface area contributed by atoms with Gasteiger partial charge in [0.15, 0.2) is 5.82 Å². The summed E-state index contributed by atoms with van der Waals surface area (Å²) in [5.41, 5.74) is 7.47. The molecule has 3 N–H and O–H groups in total. The molecule has 2 aromatic heterocycles. The number of fused-ring (bicyclic) bond motifs is 1. The van der Waals surface area contributed by atoms with Gasteiger partial charge in [-0.2, -0.15) is 10.1 Å². The Morgan fingerprint density at radius 2 is 2.19 bits per heavy atom. The number of hydrogen-bond acceptors (Lipinski definition) is 6. The van der Waals surface area contributed by atoms with Gasteiger partial charge in [0, 0.05) is 36.7 Å². The lowest BCUT2D eigenvalue weighted by atomic mass is 10.1. The third-order valence-electron chi connectivity index (χ3n) is 4.84. The van der Waals surface area contributed by atoms with E-state index in [9.17, 15) is 0 Å². The predicted molar refractivity (Wildman–Crippen MR) is 105 cm³/mol. The minimum absolute atomic E-state index is 0.468. The summed E-state index contributed by atoms with van der Waals surface area (Å²) in [6.07, 6.45) is 5.62. The molecule has 1 aliphatic heterocycles. The van der Waals surface area contributed by atoms with E-state index in [1.165, 1.54) is 0 Å². The van der Waals surface area contributed by atoms with E-state index in [1.807, 2.05) is 18.2 Å². The van der Waals surface area contributed by atoms with Gasteiger partial charge in [-0.1, -0.05) is 18.5 Å². The van der Waals surface area contributed by atoms with Crippen molar-refractivity contribution in [3.8, 4) is 5.82 Å². The zero-order valence-electron chi connectivity index (χ0n) is 14.7. The van der Waals surface area contributed by atoms with Crippen molar-refractivity contribution in [1.29, 1.82) is 0 Å². The highest BCUT2D eigenvalue weighted by molar-refractivity contribution is 6.32. The van der Waals surface area contributed by atoms with Crippen LogP contribution in [0.5, 0.6) is 0 Å². The van der Waals surface area contributed by atoms with Crippen LogP contribution in [0.15, 0.2) is 30.6 Å². The van der Waals surface area contributed by atoms with E-state index < -0.39 is 0 Å². The van der Waals surface area contributed by atoms with Crippen LogP contribution in [0.2, 0.25) is 5.02 Å². The van der Waals surface area contributed by atoms with Gasteiger partial charge in [-0.25, -0.2) is 9.67 Å². The molecule has 0 radical (unpaired) electrons. The largest absolute Gasteiger partial charge is 0.399 e. The Hall–Kier alpha value is -2.38. The summed E-state index contributed by atoms with van der Waals surface area (Å²) < 4.78 is 1.74. The zero-order chi connectivity index (χ0) is 18.1. The maximum atomic E-state index is 6.39. The lowest BCUT2D eigenvalue weighted by Crippen LogP contribution is -2.30. The SMILES string of the molecule is CCC1CCN(c2ncc(Cl)c(-n3ncc4cc(N)ccc43)n2)CCN1. The molecule has 1 fully saturated rings. The van der Waals surface area contributed by atoms with Crippen molar-refractivity contribution in [1.82, 2.24) is 25.1 Å². The molecule has 0 spiro atoms. The molecule has 0 amide bonds. The summed E-state index contributed by atoms with van der Waals surface area (Å²) in [5.74, 6) is 1.27. The number of nitrogens with one attached hydrogen (secondary N) is 1. The van der Waals surface area contributed by atoms with Gasteiger partial charge in [-0.15, -0.1) is 0 Å². The summed E-state index contributed by atoms with van der Waals surface area (Å²) in [4.78, 5) is 11.4. The Balaban J connectivity index is 1.70. The second-order valence-corrected chi connectivity index (χ2v) is 6.96. The van der Waals surface area contributed by atoms with Crippen LogP contribution >= 0.6 is 11.6 Å². The van der Waals surface area contributed by atoms with Gasteiger partial charge in [-0.05, 0) is 31.0 Å². The van der Waals surface area contributed by atoms with Crippen LogP contribution < -0.4 is 16.0 Å². The Kier molecular flexibility index (Phi) is 4.65. The number of hydrogen-bond donors (Lipinski definition) is 2. The molecule has 1 unspecified atom stereocenters. The van der Waals surface area contributed by atoms with Crippen molar-refractivity contribution in [3.63, 3.8) is 0 Å². The van der Waals surface area contributed by atoms with Gasteiger partial charge in [0.05, 0.1) is 17.9 Å². The number of anilines is 2. The molecule has 1 aliphatic rings. The summed E-state index contributed by atoms with van der Waals surface area (Å²) in [7, 11) is 0. The first kappa shape index (κ1) is 17.1. The van der Waals surface area contributed by atoms with Crippen molar-refractivity contribution < 1.29 is 0 Å². The molecule has 136 valence electrons. The van der Waals surface area contributed by atoms with Crippen molar-refractivity contribution in [2.45, 2.75) is 25.8 Å². The van der Waals surface area contributed by atoms with Gasteiger partial charge in [0.1, 0.15) is 5.02 Å². The predicted octanol–water partition coefficient (Wildman–Crippen LogP) is 2.63. The number of nitrogen functional groups attached to an aromatic ring is 1. The third kappa shape index (κ3) is 3.20.